The summed E-state index contributed by atoms with van der Waals surface area (Å²) in [5, 5.41) is 3.60. The summed E-state index contributed by atoms with van der Waals surface area (Å²) >= 11 is 3.42. The lowest BCUT2D eigenvalue weighted by molar-refractivity contribution is 0.0952. The number of aromatic nitrogens is 3. The van der Waals surface area contributed by atoms with E-state index in [4.69, 9.17) is 0 Å². The number of benzene rings is 1. The van der Waals surface area contributed by atoms with E-state index in [9.17, 15) is 9.59 Å². The number of pyridine rings is 2. The fourth-order valence-electron chi connectivity index (χ4n) is 2.97. The summed E-state index contributed by atoms with van der Waals surface area (Å²) in [5.74, 6) is -0.294. The molecule has 3 heterocycles. The van der Waals surface area contributed by atoms with Gasteiger partial charge in [-0.1, -0.05) is 18.2 Å². The molecule has 1 aromatic carbocycles. The van der Waals surface area contributed by atoms with Crippen LogP contribution in [0.4, 0.5) is 0 Å². The first-order valence-electron chi connectivity index (χ1n) is 8.03. The number of hydrogen-bond donors (Lipinski definition) is 1. The van der Waals surface area contributed by atoms with E-state index in [1.54, 1.807) is 7.05 Å². The number of rotatable bonds is 3. The van der Waals surface area contributed by atoms with E-state index in [1.807, 2.05) is 53.2 Å². The molecule has 0 saturated heterocycles. The molecular formula is C19H15BrN4O2. The van der Waals surface area contributed by atoms with Crippen molar-refractivity contribution >= 4 is 38.4 Å². The predicted octanol–water partition coefficient (Wildman–Crippen LogP) is 2.88. The van der Waals surface area contributed by atoms with E-state index in [0.717, 1.165) is 26.7 Å². The summed E-state index contributed by atoms with van der Waals surface area (Å²) < 4.78 is 4.37. The van der Waals surface area contributed by atoms with Gasteiger partial charge in [0.15, 0.2) is 0 Å². The van der Waals surface area contributed by atoms with Gasteiger partial charge in [0.05, 0.1) is 23.3 Å². The van der Waals surface area contributed by atoms with Gasteiger partial charge in [-0.3, -0.25) is 9.59 Å². The van der Waals surface area contributed by atoms with Gasteiger partial charge in [0.1, 0.15) is 5.65 Å². The van der Waals surface area contributed by atoms with Crippen molar-refractivity contribution in [2.45, 2.75) is 6.54 Å². The van der Waals surface area contributed by atoms with Crippen molar-refractivity contribution in [3.8, 4) is 0 Å². The number of halogens is 1. The highest BCUT2D eigenvalue weighted by atomic mass is 79.9. The number of aryl methyl sites for hydroxylation is 1. The van der Waals surface area contributed by atoms with Gasteiger partial charge >= 0.3 is 0 Å². The van der Waals surface area contributed by atoms with E-state index in [2.05, 4.69) is 26.2 Å². The normalized spacial score (nSPS) is 11.2. The zero-order valence-corrected chi connectivity index (χ0v) is 15.5. The molecule has 1 N–H and O–H groups in total. The second kappa shape index (κ2) is 6.42. The minimum Gasteiger partial charge on any atom is -0.346 e. The van der Waals surface area contributed by atoms with Crippen molar-refractivity contribution in [2.75, 3.05) is 0 Å². The van der Waals surface area contributed by atoms with Crippen LogP contribution in [0, 0.1) is 0 Å². The number of hydrogen-bond acceptors (Lipinski definition) is 3. The van der Waals surface area contributed by atoms with Crippen LogP contribution in [-0.2, 0) is 13.6 Å². The summed E-state index contributed by atoms with van der Waals surface area (Å²) in [5.41, 5.74) is 2.42. The summed E-state index contributed by atoms with van der Waals surface area (Å²) in [7, 11) is 1.70. The Hall–Kier alpha value is -2.93. The van der Waals surface area contributed by atoms with Gasteiger partial charge in [-0.05, 0) is 34.1 Å². The number of nitrogens with one attached hydrogen (secondary N) is 1. The van der Waals surface area contributed by atoms with Crippen LogP contribution < -0.4 is 10.9 Å². The van der Waals surface area contributed by atoms with Gasteiger partial charge in [0.25, 0.3) is 11.5 Å². The van der Waals surface area contributed by atoms with Crippen molar-refractivity contribution in [1.82, 2.24) is 19.3 Å². The van der Waals surface area contributed by atoms with Crippen molar-refractivity contribution in [1.29, 1.82) is 0 Å². The lowest BCUT2D eigenvalue weighted by Crippen LogP contribution is -2.26. The lowest BCUT2D eigenvalue weighted by Gasteiger charge is -2.10. The van der Waals surface area contributed by atoms with E-state index in [1.165, 1.54) is 10.6 Å². The molecule has 130 valence electrons. The standard InChI is InChI=1S/C19H15BrN4O2/c1-23-16-5-3-2-4-14(16)15(8-18(23)25)19(26)21-9-13-11-24-10-12(20)6-7-17(24)22-13/h2-8,10-11H,9H2,1H3,(H,21,26). The Kier molecular flexibility index (Phi) is 4.08. The molecule has 7 heteroatoms. The maximum Gasteiger partial charge on any atom is 0.252 e. The van der Waals surface area contributed by atoms with Crippen molar-refractivity contribution < 1.29 is 4.79 Å². The quantitative estimate of drug-likeness (QED) is 0.564. The third-order valence-corrected chi connectivity index (χ3v) is 4.76. The Morgan fingerprint density at radius 1 is 1.19 bits per heavy atom. The third-order valence-electron chi connectivity index (χ3n) is 4.29. The van der Waals surface area contributed by atoms with E-state index in [-0.39, 0.29) is 18.0 Å². The Bertz CT molecular complexity index is 1210. The molecule has 3 aromatic heterocycles. The molecule has 0 aliphatic carbocycles. The molecule has 1 amide bonds. The highest BCUT2D eigenvalue weighted by Gasteiger charge is 2.13. The molecule has 4 aromatic rings. The molecule has 0 radical (unpaired) electrons. The van der Waals surface area contributed by atoms with Gasteiger partial charge < -0.3 is 14.3 Å². The van der Waals surface area contributed by atoms with Crippen molar-refractivity contribution in [3.63, 3.8) is 0 Å². The molecule has 0 bridgehead atoms. The Morgan fingerprint density at radius 2 is 2.00 bits per heavy atom. The molecule has 26 heavy (non-hydrogen) atoms. The fourth-order valence-corrected chi connectivity index (χ4v) is 3.32. The van der Waals surface area contributed by atoms with Gasteiger partial charge in [-0.2, -0.15) is 0 Å². The average molecular weight is 411 g/mol. The molecule has 0 fully saturated rings. The maximum absolute atomic E-state index is 12.7. The monoisotopic (exact) mass is 410 g/mol. The first-order chi connectivity index (χ1) is 12.5. The van der Waals surface area contributed by atoms with Gasteiger partial charge in [0.2, 0.25) is 0 Å². The number of fused-ring (bicyclic) bond motifs is 2. The van der Waals surface area contributed by atoms with E-state index < -0.39 is 0 Å². The summed E-state index contributed by atoms with van der Waals surface area (Å²) in [6, 6.07) is 12.5. The second-order valence-electron chi connectivity index (χ2n) is 6.00. The molecule has 0 aliphatic heterocycles. The van der Waals surface area contributed by atoms with Crippen LogP contribution in [0.15, 0.2) is 64.1 Å². The highest BCUT2D eigenvalue weighted by Crippen LogP contribution is 2.16. The van der Waals surface area contributed by atoms with Gasteiger partial charge in [-0.15, -0.1) is 0 Å². The first-order valence-corrected chi connectivity index (χ1v) is 8.82. The summed E-state index contributed by atoms with van der Waals surface area (Å²) in [4.78, 5) is 29.3. The molecule has 0 atom stereocenters. The topological polar surface area (TPSA) is 68.4 Å². The first kappa shape index (κ1) is 16.5. The predicted molar refractivity (Wildman–Crippen MR) is 103 cm³/mol. The van der Waals surface area contributed by atoms with Crippen molar-refractivity contribution in [3.05, 3.63) is 80.9 Å². The van der Waals surface area contributed by atoms with Crippen LogP contribution in [0.5, 0.6) is 0 Å². The average Bonchev–Trinajstić information content (AvgIpc) is 3.04. The van der Waals surface area contributed by atoms with Crippen LogP contribution in [0.2, 0.25) is 0 Å². The van der Waals surface area contributed by atoms with E-state index in [0.29, 0.717) is 5.56 Å². The van der Waals surface area contributed by atoms with Crippen molar-refractivity contribution in [2.24, 2.45) is 7.05 Å². The van der Waals surface area contributed by atoms with Crippen LogP contribution in [0.3, 0.4) is 0 Å². The molecule has 0 unspecified atom stereocenters. The smallest absolute Gasteiger partial charge is 0.252 e. The van der Waals surface area contributed by atoms with Crippen LogP contribution in [0.1, 0.15) is 16.1 Å². The van der Waals surface area contributed by atoms with Gasteiger partial charge in [-0.25, -0.2) is 4.98 Å². The zero-order valence-electron chi connectivity index (χ0n) is 13.9. The number of nitrogens with zero attached hydrogens (tertiary/aromatic N) is 3. The summed E-state index contributed by atoms with van der Waals surface area (Å²) in [6.45, 7) is 0.279. The molecule has 6 nitrogen and oxygen atoms in total. The minimum atomic E-state index is -0.294. The molecule has 0 spiro atoms. The largest absolute Gasteiger partial charge is 0.346 e. The van der Waals surface area contributed by atoms with E-state index >= 15 is 0 Å². The zero-order chi connectivity index (χ0) is 18.3. The van der Waals surface area contributed by atoms with Gasteiger partial charge in [0, 0.05) is 35.4 Å². The molecular weight excluding hydrogens is 396 g/mol. The Labute approximate surface area is 157 Å². The Balaban J connectivity index is 1.63. The van der Waals surface area contributed by atoms with Crippen LogP contribution >= 0.6 is 15.9 Å². The summed E-state index contributed by atoms with van der Waals surface area (Å²) in [6.07, 6.45) is 3.77. The molecule has 0 saturated carbocycles. The highest BCUT2D eigenvalue weighted by molar-refractivity contribution is 9.10. The SMILES string of the molecule is Cn1c(=O)cc(C(=O)NCc2cn3cc(Br)ccc3n2)c2ccccc21. The lowest BCUT2D eigenvalue weighted by atomic mass is 10.1. The third kappa shape index (κ3) is 2.90. The minimum absolute atomic E-state index is 0.216. The maximum atomic E-state index is 12.7. The second-order valence-corrected chi connectivity index (χ2v) is 6.92. The van der Waals surface area contributed by atoms with Crippen LogP contribution in [-0.4, -0.2) is 19.9 Å². The fraction of sp³-hybridized carbons (Fsp3) is 0.105. The number of carbonyl (C=O) groups is 1. The number of carbonyl (C=O) groups excluding carboxylic acids is 1. The van der Waals surface area contributed by atoms with Crippen LogP contribution in [0.25, 0.3) is 16.6 Å². The number of amides is 1. The number of para-hydroxylation sites is 1. The number of imidazole rings is 1. The Morgan fingerprint density at radius 3 is 2.85 bits per heavy atom. The molecule has 4 rings (SSSR count). The molecule has 0 aliphatic rings.